The van der Waals surface area contributed by atoms with E-state index in [1.165, 1.54) is 30.7 Å². The van der Waals surface area contributed by atoms with Crippen LogP contribution in [0.1, 0.15) is 40.3 Å². The van der Waals surface area contributed by atoms with Gasteiger partial charge in [-0.2, -0.15) is 0 Å². The first-order valence-electron chi connectivity index (χ1n) is 12.2. The summed E-state index contributed by atoms with van der Waals surface area (Å²) in [5, 5.41) is 3.76. The quantitative estimate of drug-likeness (QED) is 0.354. The van der Waals surface area contributed by atoms with E-state index in [4.69, 9.17) is 9.47 Å². The molecule has 0 fully saturated rings. The number of carbonyl (C=O) groups excluding carboxylic acids is 3. The maximum atomic E-state index is 13.5. The van der Waals surface area contributed by atoms with E-state index in [9.17, 15) is 19.2 Å². The molecule has 1 N–H and O–H groups in total. The van der Waals surface area contributed by atoms with Crippen LogP contribution < -0.4 is 10.9 Å². The molecule has 0 aliphatic carbocycles. The van der Waals surface area contributed by atoms with Crippen LogP contribution in [0.25, 0.3) is 21.9 Å². The van der Waals surface area contributed by atoms with Gasteiger partial charge in [0.1, 0.15) is 5.69 Å². The molecule has 0 saturated heterocycles. The Balaban J connectivity index is 1.62. The number of amides is 1. The molecule has 1 heterocycles. The van der Waals surface area contributed by atoms with Crippen LogP contribution in [0.5, 0.6) is 0 Å². The molecule has 4 rings (SSSR count). The van der Waals surface area contributed by atoms with E-state index in [1.807, 2.05) is 31.2 Å². The predicted octanol–water partition coefficient (Wildman–Crippen LogP) is 4.87. The van der Waals surface area contributed by atoms with Gasteiger partial charge in [-0.3, -0.25) is 9.59 Å². The van der Waals surface area contributed by atoms with E-state index < -0.39 is 23.9 Å². The summed E-state index contributed by atoms with van der Waals surface area (Å²) in [6.07, 6.45) is -1.17. The average Bonchev–Trinajstić information content (AvgIpc) is 2.91. The van der Waals surface area contributed by atoms with Gasteiger partial charge < -0.3 is 19.4 Å². The van der Waals surface area contributed by atoms with Crippen molar-refractivity contribution in [3.05, 3.63) is 100.0 Å². The minimum Gasteiger partial charge on any atom is -0.462 e. The molecule has 3 aromatic carbocycles. The molecule has 0 aliphatic heterocycles. The number of ether oxygens (including phenoxy) is 2. The lowest BCUT2D eigenvalue weighted by molar-refractivity contribution is -0.123. The summed E-state index contributed by atoms with van der Waals surface area (Å²) in [6.45, 7) is 5.39. The molecule has 1 atom stereocenters. The molecule has 8 nitrogen and oxygen atoms in total. The highest BCUT2D eigenvalue weighted by Crippen LogP contribution is 2.31. The zero-order valence-electron chi connectivity index (χ0n) is 21.6. The first-order valence-corrected chi connectivity index (χ1v) is 12.2. The van der Waals surface area contributed by atoms with Crippen LogP contribution in [0.15, 0.2) is 77.6 Å². The van der Waals surface area contributed by atoms with E-state index in [-0.39, 0.29) is 17.9 Å². The van der Waals surface area contributed by atoms with Gasteiger partial charge in [0.2, 0.25) is 0 Å². The van der Waals surface area contributed by atoms with Crippen molar-refractivity contribution in [1.29, 1.82) is 0 Å². The van der Waals surface area contributed by atoms with Crippen LogP contribution in [-0.4, -0.2) is 35.1 Å². The Bertz CT molecular complexity index is 1570. The molecule has 0 spiro atoms. The largest absolute Gasteiger partial charge is 0.462 e. The molecule has 0 bridgehead atoms. The molecule has 1 unspecified atom stereocenters. The summed E-state index contributed by atoms with van der Waals surface area (Å²) in [6, 6.07) is 20.9. The van der Waals surface area contributed by atoms with Crippen molar-refractivity contribution in [3.63, 3.8) is 0 Å². The summed E-state index contributed by atoms with van der Waals surface area (Å²) in [5.74, 6) is -1.82. The number of esters is 2. The van der Waals surface area contributed by atoms with Crippen molar-refractivity contribution in [2.45, 2.75) is 26.9 Å². The highest BCUT2D eigenvalue weighted by Gasteiger charge is 2.26. The summed E-state index contributed by atoms with van der Waals surface area (Å²) in [5.41, 5.74) is 2.82. The van der Waals surface area contributed by atoms with Crippen molar-refractivity contribution in [1.82, 2.24) is 4.57 Å². The van der Waals surface area contributed by atoms with Crippen molar-refractivity contribution in [2.24, 2.45) is 7.05 Å². The van der Waals surface area contributed by atoms with Gasteiger partial charge in [-0.05, 0) is 62.1 Å². The first kappa shape index (κ1) is 26.3. The number of aromatic nitrogens is 1. The number of aryl methyl sites for hydroxylation is 1. The van der Waals surface area contributed by atoms with Crippen molar-refractivity contribution >= 4 is 34.3 Å². The van der Waals surface area contributed by atoms with Crippen LogP contribution >= 0.6 is 0 Å². The normalized spacial score (nSPS) is 11.6. The number of hydrogen-bond acceptors (Lipinski definition) is 6. The number of pyridine rings is 1. The lowest BCUT2D eigenvalue weighted by Crippen LogP contribution is -2.32. The van der Waals surface area contributed by atoms with E-state index >= 15 is 0 Å². The van der Waals surface area contributed by atoms with Crippen LogP contribution in [-0.2, 0) is 21.3 Å². The number of hydrogen-bond donors (Lipinski definition) is 1. The number of carbonyl (C=O) groups is 3. The van der Waals surface area contributed by atoms with Crippen LogP contribution in [0, 0.1) is 6.92 Å². The van der Waals surface area contributed by atoms with Gasteiger partial charge in [-0.15, -0.1) is 0 Å². The average molecular weight is 513 g/mol. The summed E-state index contributed by atoms with van der Waals surface area (Å²) >= 11 is 0. The SMILES string of the molecule is CCOC(=O)c1ccc(NC(=O)C(C)OC(=O)c2c(-c3ccc(C)cc3)c3ccccc3c(=O)n2C)cc1. The second-order valence-corrected chi connectivity index (χ2v) is 8.83. The molecule has 4 aromatic rings. The van der Waals surface area contributed by atoms with Gasteiger partial charge >= 0.3 is 11.9 Å². The molecular formula is C30H28N2O6. The number of rotatable bonds is 7. The Kier molecular flexibility index (Phi) is 7.71. The number of benzene rings is 3. The molecule has 0 aliphatic rings. The van der Waals surface area contributed by atoms with E-state index in [2.05, 4.69) is 5.32 Å². The minimum absolute atomic E-state index is 0.0518. The topological polar surface area (TPSA) is 104 Å². The number of fused-ring (bicyclic) bond motifs is 1. The molecule has 0 saturated carbocycles. The van der Waals surface area contributed by atoms with E-state index in [1.54, 1.807) is 43.3 Å². The third-order valence-electron chi connectivity index (χ3n) is 6.15. The molecule has 8 heteroatoms. The maximum Gasteiger partial charge on any atom is 0.356 e. The van der Waals surface area contributed by atoms with Gasteiger partial charge in [-0.1, -0.05) is 48.0 Å². The monoisotopic (exact) mass is 512 g/mol. The first-order chi connectivity index (χ1) is 18.2. The van der Waals surface area contributed by atoms with E-state index in [0.717, 1.165) is 11.1 Å². The van der Waals surface area contributed by atoms with Crippen LogP contribution in [0.2, 0.25) is 0 Å². The molecule has 194 valence electrons. The number of nitrogens with one attached hydrogen (secondary N) is 1. The molecule has 1 aromatic heterocycles. The highest BCUT2D eigenvalue weighted by molar-refractivity contribution is 6.07. The number of nitrogens with zero attached hydrogens (tertiary/aromatic N) is 1. The highest BCUT2D eigenvalue weighted by atomic mass is 16.5. The third-order valence-corrected chi connectivity index (χ3v) is 6.15. The Morgan fingerprint density at radius 2 is 1.53 bits per heavy atom. The van der Waals surface area contributed by atoms with Gasteiger partial charge in [0.05, 0.1) is 12.2 Å². The Morgan fingerprint density at radius 3 is 2.16 bits per heavy atom. The Hall–Kier alpha value is -4.72. The van der Waals surface area contributed by atoms with Gasteiger partial charge in [0.15, 0.2) is 6.10 Å². The third kappa shape index (κ3) is 5.34. The standard InChI is InChI=1S/C30H28N2O6/c1-5-37-29(35)21-14-16-22(17-15-21)31-27(33)19(3)38-30(36)26-25(20-12-10-18(2)11-13-20)23-8-6-7-9-24(23)28(34)32(26)4/h6-17,19H,5H2,1-4H3,(H,31,33). The number of anilines is 1. The lowest BCUT2D eigenvalue weighted by Gasteiger charge is -2.19. The molecule has 38 heavy (non-hydrogen) atoms. The minimum atomic E-state index is -1.17. The summed E-state index contributed by atoms with van der Waals surface area (Å²) < 4.78 is 11.8. The van der Waals surface area contributed by atoms with Crippen molar-refractivity contribution < 1.29 is 23.9 Å². The fourth-order valence-corrected chi connectivity index (χ4v) is 4.13. The maximum absolute atomic E-state index is 13.5. The van der Waals surface area contributed by atoms with Crippen molar-refractivity contribution in [3.8, 4) is 11.1 Å². The molecular weight excluding hydrogens is 484 g/mol. The second kappa shape index (κ2) is 11.1. The van der Waals surface area contributed by atoms with Gasteiger partial charge in [0, 0.05) is 23.7 Å². The van der Waals surface area contributed by atoms with Gasteiger partial charge in [-0.25, -0.2) is 9.59 Å². The molecule has 1 amide bonds. The fourth-order valence-electron chi connectivity index (χ4n) is 4.13. The van der Waals surface area contributed by atoms with Crippen LogP contribution in [0.3, 0.4) is 0 Å². The zero-order chi connectivity index (χ0) is 27.4. The Labute approximate surface area is 219 Å². The Morgan fingerprint density at radius 1 is 0.895 bits per heavy atom. The van der Waals surface area contributed by atoms with Crippen molar-refractivity contribution in [2.75, 3.05) is 11.9 Å². The predicted molar refractivity (Wildman–Crippen MR) is 145 cm³/mol. The van der Waals surface area contributed by atoms with Crippen LogP contribution in [0.4, 0.5) is 5.69 Å². The second-order valence-electron chi connectivity index (χ2n) is 8.83. The molecule has 0 radical (unpaired) electrons. The lowest BCUT2D eigenvalue weighted by atomic mass is 9.96. The van der Waals surface area contributed by atoms with Gasteiger partial charge in [0.25, 0.3) is 11.5 Å². The zero-order valence-corrected chi connectivity index (χ0v) is 21.6. The smallest absolute Gasteiger partial charge is 0.356 e. The van der Waals surface area contributed by atoms with E-state index in [0.29, 0.717) is 27.6 Å². The summed E-state index contributed by atoms with van der Waals surface area (Å²) in [7, 11) is 1.51. The fraction of sp³-hybridized carbons (Fsp3) is 0.200. The summed E-state index contributed by atoms with van der Waals surface area (Å²) in [4.78, 5) is 51.2.